The predicted molar refractivity (Wildman–Crippen MR) is 95.4 cm³/mol. The maximum atomic E-state index is 13.0. The van der Waals surface area contributed by atoms with Crippen LogP contribution in [0.4, 0.5) is 0 Å². The summed E-state index contributed by atoms with van der Waals surface area (Å²) < 4.78 is 43.4. The van der Waals surface area contributed by atoms with E-state index < -0.39 is 10.0 Å². The fraction of sp³-hybridized carbons (Fsp3) is 0.562. The first-order chi connectivity index (χ1) is 11.8. The lowest BCUT2D eigenvalue weighted by molar-refractivity contribution is -0.149. The molecule has 1 aliphatic heterocycles. The standard InChI is InChI=1S/C16H22BrNO6S/c1-4-24-16(19)11-5-7-18(8-6-11)25(20,21)15-10-13(22-2)12(17)9-14(15)23-3/h9-11H,4-8H2,1-3H3. The molecule has 0 N–H and O–H groups in total. The number of halogens is 1. The molecule has 9 heteroatoms. The van der Waals surface area contributed by atoms with Gasteiger partial charge in [-0.05, 0) is 41.8 Å². The number of nitrogens with zero attached hydrogens (tertiary/aromatic N) is 1. The first-order valence-electron chi connectivity index (χ1n) is 7.93. The van der Waals surface area contributed by atoms with Crippen molar-refractivity contribution in [2.45, 2.75) is 24.7 Å². The molecular weight excluding hydrogens is 414 g/mol. The van der Waals surface area contributed by atoms with E-state index in [1.54, 1.807) is 13.0 Å². The molecule has 7 nitrogen and oxygen atoms in total. The molecule has 0 amide bonds. The van der Waals surface area contributed by atoms with Gasteiger partial charge in [-0.3, -0.25) is 4.79 Å². The molecule has 0 aromatic heterocycles. The van der Waals surface area contributed by atoms with Gasteiger partial charge in [0.15, 0.2) is 0 Å². The highest BCUT2D eigenvalue weighted by Gasteiger charge is 2.34. The average Bonchev–Trinajstić information content (AvgIpc) is 2.61. The maximum Gasteiger partial charge on any atom is 0.309 e. The first-order valence-corrected chi connectivity index (χ1v) is 10.2. The van der Waals surface area contributed by atoms with Gasteiger partial charge in [-0.15, -0.1) is 0 Å². The Balaban J connectivity index is 2.24. The third kappa shape index (κ3) is 4.27. The number of methoxy groups -OCH3 is 2. The quantitative estimate of drug-likeness (QED) is 0.638. The minimum Gasteiger partial charge on any atom is -0.496 e. The van der Waals surface area contributed by atoms with Crippen LogP contribution in [0.15, 0.2) is 21.5 Å². The van der Waals surface area contributed by atoms with Crippen molar-refractivity contribution in [3.05, 3.63) is 16.6 Å². The third-order valence-corrected chi connectivity index (χ3v) is 6.67. The van der Waals surface area contributed by atoms with E-state index in [1.807, 2.05) is 0 Å². The zero-order valence-electron chi connectivity index (χ0n) is 14.5. The van der Waals surface area contributed by atoms with Gasteiger partial charge in [0, 0.05) is 19.2 Å². The van der Waals surface area contributed by atoms with Crippen LogP contribution in [-0.2, 0) is 19.6 Å². The highest BCUT2D eigenvalue weighted by molar-refractivity contribution is 9.10. The molecule has 1 aromatic rings. The Morgan fingerprint density at radius 2 is 1.80 bits per heavy atom. The van der Waals surface area contributed by atoms with Gasteiger partial charge in [-0.1, -0.05) is 0 Å². The SMILES string of the molecule is CCOC(=O)C1CCN(S(=O)(=O)c2cc(OC)c(Br)cc2OC)CC1. The molecule has 1 aromatic carbocycles. The number of esters is 1. The lowest BCUT2D eigenvalue weighted by atomic mass is 9.98. The third-order valence-electron chi connectivity index (χ3n) is 4.13. The monoisotopic (exact) mass is 435 g/mol. The highest BCUT2D eigenvalue weighted by atomic mass is 79.9. The van der Waals surface area contributed by atoms with E-state index in [9.17, 15) is 13.2 Å². The number of carbonyl (C=O) groups excluding carboxylic acids is 1. The Bertz CT molecular complexity index is 728. The second kappa shape index (κ2) is 8.37. The van der Waals surface area contributed by atoms with E-state index in [1.165, 1.54) is 24.6 Å². The molecule has 0 bridgehead atoms. The number of carbonyl (C=O) groups is 1. The number of rotatable bonds is 6. The Hall–Kier alpha value is -1.32. The molecule has 0 aliphatic carbocycles. The topological polar surface area (TPSA) is 82.1 Å². The van der Waals surface area contributed by atoms with Crippen molar-refractivity contribution in [1.82, 2.24) is 4.31 Å². The van der Waals surface area contributed by atoms with Crippen molar-refractivity contribution in [2.75, 3.05) is 33.9 Å². The van der Waals surface area contributed by atoms with Crippen LogP contribution in [-0.4, -0.2) is 52.6 Å². The molecule has 25 heavy (non-hydrogen) atoms. The van der Waals surface area contributed by atoms with Gasteiger partial charge >= 0.3 is 5.97 Å². The number of hydrogen-bond acceptors (Lipinski definition) is 6. The summed E-state index contributed by atoms with van der Waals surface area (Å²) in [6.07, 6.45) is 0.877. The Kier molecular flexibility index (Phi) is 6.70. The van der Waals surface area contributed by atoms with Crippen molar-refractivity contribution in [3.63, 3.8) is 0 Å². The van der Waals surface area contributed by atoms with Gasteiger partial charge in [-0.2, -0.15) is 4.31 Å². The summed E-state index contributed by atoms with van der Waals surface area (Å²) in [7, 11) is -0.877. The minimum atomic E-state index is -3.76. The fourth-order valence-electron chi connectivity index (χ4n) is 2.77. The van der Waals surface area contributed by atoms with E-state index >= 15 is 0 Å². The molecule has 1 saturated heterocycles. The van der Waals surface area contributed by atoms with Crippen molar-refractivity contribution in [3.8, 4) is 11.5 Å². The second-order valence-corrected chi connectivity index (χ2v) is 8.33. The van der Waals surface area contributed by atoms with Crippen LogP contribution in [0.3, 0.4) is 0 Å². The molecule has 2 rings (SSSR count). The lowest BCUT2D eigenvalue weighted by Crippen LogP contribution is -2.40. The van der Waals surface area contributed by atoms with Gasteiger partial charge in [0.1, 0.15) is 16.4 Å². The van der Waals surface area contributed by atoms with Crippen LogP contribution in [0.25, 0.3) is 0 Å². The number of benzene rings is 1. The number of piperidine rings is 1. The van der Waals surface area contributed by atoms with E-state index in [4.69, 9.17) is 14.2 Å². The molecule has 1 aliphatic rings. The Labute approximate surface area is 156 Å². The molecule has 1 heterocycles. The van der Waals surface area contributed by atoms with Gasteiger partial charge in [-0.25, -0.2) is 8.42 Å². The van der Waals surface area contributed by atoms with Crippen molar-refractivity contribution in [1.29, 1.82) is 0 Å². The van der Waals surface area contributed by atoms with Gasteiger partial charge < -0.3 is 14.2 Å². The zero-order chi connectivity index (χ0) is 18.6. The van der Waals surface area contributed by atoms with Crippen LogP contribution in [0.1, 0.15) is 19.8 Å². The molecule has 0 atom stereocenters. The summed E-state index contributed by atoms with van der Waals surface area (Å²) in [5.74, 6) is 0.121. The van der Waals surface area contributed by atoms with Crippen LogP contribution < -0.4 is 9.47 Å². The number of hydrogen-bond donors (Lipinski definition) is 0. The zero-order valence-corrected chi connectivity index (χ0v) is 16.9. The van der Waals surface area contributed by atoms with E-state index in [0.29, 0.717) is 29.7 Å². The smallest absolute Gasteiger partial charge is 0.309 e. The van der Waals surface area contributed by atoms with Crippen LogP contribution in [0, 0.1) is 5.92 Å². The molecule has 0 radical (unpaired) electrons. The van der Waals surface area contributed by atoms with E-state index in [0.717, 1.165) is 0 Å². The molecule has 140 valence electrons. The summed E-state index contributed by atoms with van der Waals surface area (Å²) >= 11 is 3.32. The first kappa shape index (κ1) is 20.0. The highest BCUT2D eigenvalue weighted by Crippen LogP contribution is 2.37. The molecule has 0 unspecified atom stereocenters. The molecule has 0 saturated carbocycles. The van der Waals surface area contributed by atoms with Crippen LogP contribution >= 0.6 is 15.9 Å². The summed E-state index contributed by atoms with van der Waals surface area (Å²) in [5, 5.41) is 0. The number of sulfonamides is 1. The lowest BCUT2D eigenvalue weighted by Gasteiger charge is -2.30. The normalized spacial score (nSPS) is 16.5. The summed E-state index contributed by atoms with van der Waals surface area (Å²) in [4.78, 5) is 11.9. The largest absolute Gasteiger partial charge is 0.496 e. The Morgan fingerprint density at radius 1 is 1.20 bits per heavy atom. The van der Waals surface area contributed by atoms with Crippen molar-refractivity contribution < 1.29 is 27.4 Å². The second-order valence-electron chi connectivity index (χ2n) is 5.57. The Morgan fingerprint density at radius 3 is 2.32 bits per heavy atom. The summed E-state index contributed by atoms with van der Waals surface area (Å²) in [6.45, 7) is 2.60. The average molecular weight is 436 g/mol. The minimum absolute atomic E-state index is 0.0460. The van der Waals surface area contributed by atoms with Gasteiger partial charge in [0.2, 0.25) is 10.0 Å². The van der Waals surface area contributed by atoms with E-state index in [-0.39, 0.29) is 35.6 Å². The molecule has 1 fully saturated rings. The predicted octanol–water partition coefficient (Wildman–Crippen LogP) is 2.43. The van der Waals surface area contributed by atoms with Crippen LogP contribution in [0.2, 0.25) is 0 Å². The van der Waals surface area contributed by atoms with Crippen molar-refractivity contribution in [2.24, 2.45) is 5.92 Å². The van der Waals surface area contributed by atoms with Crippen LogP contribution in [0.5, 0.6) is 11.5 Å². The fourth-order valence-corrected chi connectivity index (χ4v) is 4.87. The summed E-state index contributed by atoms with van der Waals surface area (Å²) in [5.41, 5.74) is 0. The summed E-state index contributed by atoms with van der Waals surface area (Å²) in [6, 6.07) is 3.01. The number of ether oxygens (including phenoxy) is 3. The van der Waals surface area contributed by atoms with Gasteiger partial charge in [0.25, 0.3) is 0 Å². The van der Waals surface area contributed by atoms with Crippen molar-refractivity contribution >= 4 is 31.9 Å². The van der Waals surface area contributed by atoms with E-state index in [2.05, 4.69) is 15.9 Å². The maximum absolute atomic E-state index is 13.0. The molecular formula is C16H22BrNO6S. The van der Waals surface area contributed by atoms with Gasteiger partial charge in [0.05, 0.1) is 31.2 Å². The molecule has 0 spiro atoms.